The zero-order valence-electron chi connectivity index (χ0n) is 16.9. The van der Waals surface area contributed by atoms with Crippen LogP contribution in [0.1, 0.15) is 24.6 Å². The van der Waals surface area contributed by atoms with Crippen molar-refractivity contribution in [2.24, 2.45) is 5.92 Å². The summed E-state index contributed by atoms with van der Waals surface area (Å²) in [5, 5.41) is 7.24. The smallest absolute Gasteiger partial charge is 0.230 e. The Kier molecular flexibility index (Phi) is 5.27. The molecule has 2 saturated heterocycles. The Morgan fingerprint density at radius 1 is 1.27 bits per heavy atom. The molecule has 2 aliphatic heterocycles. The first-order valence-electron chi connectivity index (χ1n) is 9.77. The molecule has 160 valence electrons. The summed E-state index contributed by atoms with van der Waals surface area (Å²) in [7, 11) is -1.51. The van der Waals surface area contributed by atoms with Crippen molar-refractivity contribution in [2.45, 2.75) is 25.8 Å². The van der Waals surface area contributed by atoms with Crippen molar-refractivity contribution in [1.29, 1.82) is 0 Å². The lowest BCUT2D eigenvalue weighted by Gasteiger charge is -2.18. The van der Waals surface area contributed by atoms with E-state index in [1.807, 2.05) is 0 Å². The van der Waals surface area contributed by atoms with E-state index in [9.17, 15) is 18.0 Å². The lowest BCUT2D eigenvalue weighted by Crippen LogP contribution is -2.29. The SMILES string of the molecule is COc1ccc(N2CC(C(=O)Nc3cc(C)nn3C3CCS(=O)(=O)C3)CC2=O)cc1. The topological polar surface area (TPSA) is 111 Å². The number of aryl methyl sites for hydroxylation is 1. The van der Waals surface area contributed by atoms with Crippen molar-refractivity contribution < 1.29 is 22.7 Å². The van der Waals surface area contributed by atoms with Crippen LogP contribution in [0.25, 0.3) is 0 Å². The summed E-state index contributed by atoms with van der Waals surface area (Å²) in [5.41, 5.74) is 1.41. The number of carbonyl (C=O) groups excluding carboxylic acids is 2. The number of methoxy groups -OCH3 is 1. The lowest BCUT2D eigenvalue weighted by atomic mass is 10.1. The van der Waals surface area contributed by atoms with Gasteiger partial charge in [-0.15, -0.1) is 0 Å². The number of amides is 2. The Morgan fingerprint density at radius 3 is 2.63 bits per heavy atom. The maximum atomic E-state index is 12.9. The number of nitrogens with zero attached hydrogens (tertiary/aromatic N) is 3. The highest BCUT2D eigenvalue weighted by Crippen LogP contribution is 2.30. The van der Waals surface area contributed by atoms with Crippen molar-refractivity contribution in [3.8, 4) is 5.75 Å². The van der Waals surface area contributed by atoms with Gasteiger partial charge in [0.1, 0.15) is 11.6 Å². The zero-order valence-corrected chi connectivity index (χ0v) is 17.7. The Balaban J connectivity index is 1.46. The van der Waals surface area contributed by atoms with E-state index in [1.54, 1.807) is 53.9 Å². The molecule has 1 aromatic carbocycles. The van der Waals surface area contributed by atoms with Gasteiger partial charge in [0.2, 0.25) is 11.8 Å². The van der Waals surface area contributed by atoms with Crippen LogP contribution in [0.3, 0.4) is 0 Å². The maximum Gasteiger partial charge on any atom is 0.230 e. The number of ether oxygens (including phenoxy) is 1. The minimum Gasteiger partial charge on any atom is -0.497 e. The van der Waals surface area contributed by atoms with Crippen LogP contribution in [0.15, 0.2) is 30.3 Å². The second-order valence-corrected chi connectivity index (χ2v) is 9.99. The molecule has 9 nitrogen and oxygen atoms in total. The van der Waals surface area contributed by atoms with Crippen LogP contribution < -0.4 is 15.0 Å². The van der Waals surface area contributed by atoms with E-state index < -0.39 is 15.8 Å². The summed E-state index contributed by atoms with van der Waals surface area (Å²) in [6, 6.07) is 8.55. The van der Waals surface area contributed by atoms with Gasteiger partial charge in [-0.05, 0) is 37.6 Å². The van der Waals surface area contributed by atoms with Gasteiger partial charge < -0.3 is 15.0 Å². The van der Waals surface area contributed by atoms with E-state index in [2.05, 4.69) is 10.4 Å². The predicted octanol–water partition coefficient (Wildman–Crippen LogP) is 1.55. The van der Waals surface area contributed by atoms with Crippen LogP contribution in [-0.2, 0) is 19.4 Å². The van der Waals surface area contributed by atoms with Crippen LogP contribution in [-0.4, -0.2) is 55.2 Å². The average Bonchev–Trinajstić information content (AvgIpc) is 3.38. The van der Waals surface area contributed by atoms with Crippen LogP contribution >= 0.6 is 0 Å². The van der Waals surface area contributed by atoms with Gasteiger partial charge in [-0.2, -0.15) is 5.10 Å². The standard InChI is InChI=1S/C20H24N4O5S/c1-13-9-18(24(22-13)16-7-8-30(27,28)12-16)21-20(26)14-10-19(25)23(11-14)15-3-5-17(29-2)6-4-15/h3-6,9,14,16H,7-8,10-12H2,1-2H3,(H,21,26). The molecule has 2 aliphatic rings. The van der Waals surface area contributed by atoms with Gasteiger partial charge in [0.15, 0.2) is 9.84 Å². The fraction of sp³-hybridized carbons (Fsp3) is 0.450. The second kappa shape index (κ2) is 7.75. The van der Waals surface area contributed by atoms with Gasteiger partial charge in [0.05, 0.1) is 36.3 Å². The van der Waals surface area contributed by atoms with Crippen LogP contribution in [0.2, 0.25) is 0 Å². The molecule has 0 radical (unpaired) electrons. The second-order valence-electron chi connectivity index (χ2n) is 7.77. The number of sulfone groups is 1. The van der Waals surface area contributed by atoms with Crippen molar-refractivity contribution in [3.63, 3.8) is 0 Å². The van der Waals surface area contributed by atoms with E-state index in [-0.39, 0.29) is 42.3 Å². The van der Waals surface area contributed by atoms with E-state index in [4.69, 9.17) is 4.74 Å². The number of carbonyl (C=O) groups is 2. The Bertz CT molecular complexity index is 1080. The molecular weight excluding hydrogens is 408 g/mol. The number of hydrogen-bond acceptors (Lipinski definition) is 6. The molecule has 3 heterocycles. The number of rotatable bonds is 5. The molecule has 4 rings (SSSR count). The van der Waals surface area contributed by atoms with Crippen LogP contribution in [0, 0.1) is 12.8 Å². The quantitative estimate of drug-likeness (QED) is 0.768. The average molecular weight is 433 g/mol. The van der Waals surface area contributed by atoms with E-state index in [1.165, 1.54) is 0 Å². The summed E-state index contributed by atoms with van der Waals surface area (Å²) in [5.74, 6) is 0.401. The molecular formula is C20H24N4O5S. The largest absolute Gasteiger partial charge is 0.497 e. The Labute approximate surface area is 174 Å². The summed E-state index contributed by atoms with van der Waals surface area (Å²) >= 11 is 0. The maximum absolute atomic E-state index is 12.9. The normalized spacial score (nSPS) is 23.0. The fourth-order valence-corrected chi connectivity index (χ4v) is 5.67. The third kappa shape index (κ3) is 4.04. The van der Waals surface area contributed by atoms with Gasteiger partial charge in [0, 0.05) is 24.7 Å². The highest BCUT2D eigenvalue weighted by molar-refractivity contribution is 7.91. The Hall–Kier alpha value is -2.88. The molecule has 0 spiro atoms. The highest BCUT2D eigenvalue weighted by Gasteiger charge is 2.36. The molecule has 2 fully saturated rings. The first kappa shape index (κ1) is 20.4. The first-order valence-corrected chi connectivity index (χ1v) is 11.6. The fourth-order valence-electron chi connectivity index (χ4n) is 3.98. The van der Waals surface area contributed by atoms with E-state index >= 15 is 0 Å². The number of anilines is 2. The van der Waals surface area contributed by atoms with Crippen molar-refractivity contribution in [3.05, 3.63) is 36.0 Å². The molecule has 2 atom stereocenters. The third-order valence-electron chi connectivity index (χ3n) is 5.54. The van der Waals surface area contributed by atoms with Crippen molar-refractivity contribution >= 4 is 33.2 Å². The van der Waals surface area contributed by atoms with Gasteiger partial charge in [-0.25, -0.2) is 13.1 Å². The van der Waals surface area contributed by atoms with Crippen LogP contribution in [0.5, 0.6) is 5.75 Å². The van der Waals surface area contributed by atoms with Crippen molar-refractivity contribution in [1.82, 2.24) is 9.78 Å². The van der Waals surface area contributed by atoms with Gasteiger partial charge >= 0.3 is 0 Å². The van der Waals surface area contributed by atoms with Gasteiger partial charge in [-0.1, -0.05) is 0 Å². The van der Waals surface area contributed by atoms with E-state index in [0.717, 1.165) is 0 Å². The molecule has 2 unspecified atom stereocenters. The van der Waals surface area contributed by atoms with Crippen molar-refractivity contribution in [2.75, 3.05) is 35.4 Å². The predicted molar refractivity (Wildman–Crippen MR) is 111 cm³/mol. The van der Waals surface area contributed by atoms with Gasteiger partial charge in [-0.3, -0.25) is 9.59 Å². The summed E-state index contributed by atoms with van der Waals surface area (Å²) < 4.78 is 30.4. The molecule has 0 aliphatic carbocycles. The number of nitrogens with one attached hydrogen (secondary N) is 1. The first-order chi connectivity index (χ1) is 14.3. The summed E-state index contributed by atoms with van der Waals surface area (Å²) in [6.45, 7) is 2.07. The minimum absolute atomic E-state index is 0.0180. The number of benzene rings is 1. The monoisotopic (exact) mass is 432 g/mol. The molecule has 30 heavy (non-hydrogen) atoms. The molecule has 1 aromatic heterocycles. The Morgan fingerprint density at radius 2 is 2.00 bits per heavy atom. The molecule has 2 aromatic rings. The summed E-state index contributed by atoms with van der Waals surface area (Å²) in [6.07, 6.45) is 0.586. The molecule has 2 amide bonds. The van der Waals surface area contributed by atoms with Crippen LogP contribution in [0.4, 0.5) is 11.5 Å². The third-order valence-corrected chi connectivity index (χ3v) is 7.29. The number of hydrogen-bond donors (Lipinski definition) is 1. The van der Waals surface area contributed by atoms with E-state index in [0.29, 0.717) is 29.4 Å². The molecule has 0 bridgehead atoms. The zero-order chi connectivity index (χ0) is 21.5. The molecule has 0 saturated carbocycles. The molecule has 10 heteroatoms. The van der Waals surface area contributed by atoms with Gasteiger partial charge in [0.25, 0.3) is 0 Å². The highest BCUT2D eigenvalue weighted by atomic mass is 32.2. The molecule has 1 N–H and O–H groups in total. The summed E-state index contributed by atoms with van der Waals surface area (Å²) in [4.78, 5) is 26.9. The lowest BCUT2D eigenvalue weighted by molar-refractivity contribution is -0.122. The minimum atomic E-state index is -3.08. The number of aromatic nitrogens is 2.